The van der Waals surface area contributed by atoms with Gasteiger partial charge < -0.3 is 14.2 Å². The number of ether oxygens (including phenoxy) is 3. The van der Waals surface area contributed by atoms with Gasteiger partial charge in [0.25, 0.3) is 0 Å². The molecule has 0 aromatic carbocycles. The van der Waals surface area contributed by atoms with Gasteiger partial charge in [-0.2, -0.15) is 0 Å². The maximum Gasteiger partial charge on any atom is 0.306 e. The fourth-order valence-electron chi connectivity index (χ4n) is 10.6. The lowest BCUT2D eigenvalue weighted by Gasteiger charge is -2.18. The maximum atomic E-state index is 12.9. The van der Waals surface area contributed by atoms with Gasteiger partial charge in [-0.05, 0) is 38.5 Å². The summed E-state index contributed by atoms with van der Waals surface area (Å²) in [6.07, 6.45) is 76.7. The van der Waals surface area contributed by atoms with Crippen molar-refractivity contribution in [3.8, 4) is 0 Å². The van der Waals surface area contributed by atoms with Crippen LogP contribution in [0.25, 0.3) is 0 Å². The number of carbonyl (C=O) groups is 3. The van der Waals surface area contributed by atoms with Crippen molar-refractivity contribution >= 4 is 17.9 Å². The molecule has 0 saturated carbocycles. The zero-order valence-corrected chi connectivity index (χ0v) is 51.1. The Morgan fingerprint density at radius 3 is 0.707 bits per heavy atom. The van der Waals surface area contributed by atoms with Crippen molar-refractivity contribution < 1.29 is 28.6 Å². The lowest BCUT2D eigenvalue weighted by Crippen LogP contribution is -2.30. The number of hydrogen-bond acceptors (Lipinski definition) is 6. The molecule has 6 heteroatoms. The lowest BCUT2D eigenvalue weighted by molar-refractivity contribution is -0.167. The minimum absolute atomic E-state index is 0.0660. The van der Waals surface area contributed by atoms with E-state index < -0.39 is 6.10 Å². The van der Waals surface area contributed by atoms with Gasteiger partial charge in [-0.25, -0.2) is 0 Å². The Labute approximate surface area is 469 Å². The van der Waals surface area contributed by atoms with E-state index in [1.54, 1.807) is 0 Å². The van der Waals surface area contributed by atoms with Gasteiger partial charge in [0.15, 0.2) is 6.10 Å². The number of rotatable bonds is 64. The van der Waals surface area contributed by atoms with E-state index in [0.717, 1.165) is 64.2 Å². The van der Waals surface area contributed by atoms with Gasteiger partial charge in [0, 0.05) is 19.3 Å². The number of carbonyl (C=O) groups excluding carboxylic acids is 3. The standard InChI is InChI=1S/C69H132O6/c1-4-7-10-13-16-19-22-24-26-28-30-32-34-36-38-40-42-44-47-50-53-56-59-62-68(71)74-65-66(64-73-67(70)61-58-55-52-49-46-21-18-15-12-9-6-3)75-69(72)63-60-57-54-51-48-45-43-41-39-37-35-33-31-29-27-25-23-20-17-14-11-8-5-2/h15,18,66H,4-14,16-17,19-65H2,1-3H3/b18-15-. The molecule has 75 heavy (non-hydrogen) atoms. The summed E-state index contributed by atoms with van der Waals surface area (Å²) in [6, 6.07) is 0. The molecule has 0 aliphatic rings. The predicted octanol–water partition coefficient (Wildman–Crippen LogP) is 23.2. The third-order valence-corrected chi connectivity index (χ3v) is 15.8. The van der Waals surface area contributed by atoms with Crippen LogP contribution in [0.5, 0.6) is 0 Å². The highest BCUT2D eigenvalue weighted by molar-refractivity contribution is 5.71. The zero-order chi connectivity index (χ0) is 54.3. The van der Waals surface area contributed by atoms with Gasteiger partial charge in [-0.3, -0.25) is 14.4 Å². The van der Waals surface area contributed by atoms with Gasteiger partial charge in [0.2, 0.25) is 0 Å². The quantitative estimate of drug-likeness (QED) is 0.0261. The fraction of sp³-hybridized carbons (Fsp3) is 0.928. The van der Waals surface area contributed by atoms with E-state index in [2.05, 4.69) is 32.9 Å². The van der Waals surface area contributed by atoms with Crippen molar-refractivity contribution in [3.05, 3.63) is 12.2 Å². The minimum atomic E-state index is -0.769. The molecule has 0 saturated heterocycles. The van der Waals surface area contributed by atoms with Crippen LogP contribution in [-0.2, 0) is 28.6 Å². The van der Waals surface area contributed by atoms with E-state index in [1.165, 1.54) is 289 Å². The van der Waals surface area contributed by atoms with E-state index in [4.69, 9.17) is 14.2 Å². The Morgan fingerprint density at radius 1 is 0.253 bits per heavy atom. The van der Waals surface area contributed by atoms with Crippen LogP contribution in [0.2, 0.25) is 0 Å². The van der Waals surface area contributed by atoms with E-state index in [-0.39, 0.29) is 31.1 Å². The van der Waals surface area contributed by atoms with E-state index in [0.29, 0.717) is 19.3 Å². The van der Waals surface area contributed by atoms with Crippen LogP contribution in [-0.4, -0.2) is 37.2 Å². The van der Waals surface area contributed by atoms with Crippen molar-refractivity contribution in [1.29, 1.82) is 0 Å². The van der Waals surface area contributed by atoms with Gasteiger partial charge in [0.1, 0.15) is 13.2 Å². The van der Waals surface area contributed by atoms with Gasteiger partial charge >= 0.3 is 17.9 Å². The molecule has 0 bridgehead atoms. The van der Waals surface area contributed by atoms with Crippen molar-refractivity contribution in [3.63, 3.8) is 0 Å². The largest absolute Gasteiger partial charge is 0.462 e. The second-order valence-corrected chi connectivity index (χ2v) is 23.5. The Hall–Kier alpha value is -1.85. The molecule has 444 valence electrons. The number of unbranched alkanes of at least 4 members (excludes halogenated alkanes) is 51. The molecule has 0 aliphatic carbocycles. The molecular weight excluding hydrogens is 925 g/mol. The maximum absolute atomic E-state index is 12.9. The third kappa shape index (κ3) is 62.9. The molecule has 0 aliphatic heterocycles. The SMILES string of the molecule is CCCC/C=C\CCCCCCCC(=O)OCC(COC(=O)CCCCCCCCCCCCCCCCCCCCCCCCC)OC(=O)CCCCCCCCCCCCCCCCCCCCCCCCC. The minimum Gasteiger partial charge on any atom is -0.462 e. The second kappa shape index (κ2) is 64.7. The van der Waals surface area contributed by atoms with E-state index in [1.807, 2.05) is 0 Å². The first-order chi connectivity index (χ1) is 37.0. The van der Waals surface area contributed by atoms with Crippen LogP contribution in [0.15, 0.2) is 12.2 Å². The summed E-state index contributed by atoms with van der Waals surface area (Å²) in [4.78, 5) is 38.3. The Bertz CT molecular complexity index is 1170. The van der Waals surface area contributed by atoms with E-state index in [9.17, 15) is 14.4 Å². The number of allylic oxidation sites excluding steroid dienone is 2. The fourth-order valence-corrected chi connectivity index (χ4v) is 10.6. The van der Waals surface area contributed by atoms with Crippen LogP contribution in [0.4, 0.5) is 0 Å². The zero-order valence-electron chi connectivity index (χ0n) is 51.1. The monoisotopic (exact) mass is 1060 g/mol. The number of esters is 3. The molecule has 0 aromatic rings. The van der Waals surface area contributed by atoms with Crippen LogP contribution in [0, 0.1) is 0 Å². The van der Waals surface area contributed by atoms with Crippen LogP contribution >= 0.6 is 0 Å². The summed E-state index contributed by atoms with van der Waals surface area (Å²) < 4.78 is 17.0. The summed E-state index contributed by atoms with van der Waals surface area (Å²) in [7, 11) is 0. The van der Waals surface area contributed by atoms with Crippen molar-refractivity contribution in [1.82, 2.24) is 0 Å². The first-order valence-electron chi connectivity index (χ1n) is 34.2. The van der Waals surface area contributed by atoms with Crippen molar-refractivity contribution in [2.24, 2.45) is 0 Å². The van der Waals surface area contributed by atoms with Crippen LogP contribution < -0.4 is 0 Å². The van der Waals surface area contributed by atoms with Gasteiger partial charge in [-0.1, -0.05) is 348 Å². The molecule has 0 N–H and O–H groups in total. The predicted molar refractivity (Wildman–Crippen MR) is 326 cm³/mol. The topological polar surface area (TPSA) is 78.9 Å². The van der Waals surface area contributed by atoms with Crippen molar-refractivity contribution in [2.75, 3.05) is 13.2 Å². The van der Waals surface area contributed by atoms with Gasteiger partial charge in [0.05, 0.1) is 0 Å². The summed E-state index contributed by atoms with van der Waals surface area (Å²) in [5, 5.41) is 0. The molecule has 1 atom stereocenters. The van der Waals surface area contributed by atoms with E-state index >= 15 is 0 Å². The Morgan fingerprint density at radius 2 is 0.453 bits per heavy atom. The summed E-state index contributed by atoms with van der Waals surface area (Å²) in [5.74, 6) is -0.844. The third-order valence-electron chi connectivity index (χ3n) is 15.8. The molecule has 6 nitrogen and oxygen atoms in total. The van der Waals surface area contributed by atoms with Crippen LogP contribution in [0.3, 0.4) is 0 Å². The molecule has 0 heterocycles. The molecular formula is C69H132O6. The highest BCUT2D eigenvalue weighted by atomic mass is 16.6. The molecule has 1 unspecified atom stereocenters. The Kier molecular flexibility index (Phi) is 63.1. The summed E-state index contributed by atoms with van der Waals surface area (Å²) in [6.45, 7) is 6.68. The van der Waals surface area contributed by atoms with Crippen LogP contribution in [0.1, 0.15) is 393 Å². The molecule has 0 radical (unpaired) electrons. The number of hydrogen-bond donors (Lipinski definition) is 0. The van der Waals surface area contributed by atoms with Gasteiger partial charge in [-0.15, -0.1) is 0 Å². The highest BCUT2D eigenvalue weighted by Gasteiger charge is 2.19. The van der Waals surface area contributed by atoms with Crippen molar-refractivity contribution in [2.45, 2.75) is 399 Å². The molecule has 0 fully saturated rings. The molecule has 0 amide bonds. The average Bonchev–Trinajstić information content (AvgIpc) is 3.41. The molecule has 0 rings (SSSR count). The normalized spacial score (nSPS) is 12.0. The Balaban J connectivity index is 4.17. The first-order valence-corrected chi connectivity index (χ1v) is 34.2. The summed E-state index contributed by atoms with van der Waals surface area (Å²) in [5.41, 5.74) is 0. The average molecular weight is 1060 g/mol. The lowest BCUT2D eigenvalue weighted by atomic mass is 10.0. The highest BCUT2D eigenvalue weighted by Crippen LogP contribution is 2.19. The smallest absolute Gasteiger partial charge is 0.306 e. The first kappa shape index (κ1) is 73.2. The molecule has 0 spiro atoms. The second-order valence-electron chi connectivity index (χ2n) is 23.5. The molecule has 0 aromatic heterocycles. The summed E-state index contributed by atoms with van der Waals surface area (Å²) >= 11 is 0.